The number of nitrogens with zero attached hydrogens (tertiary/aromatic N) is 1. The Morgan fingerprint density at radius 3 is 2.19 bits per heavy atom. The molecule has 2 aromatic carbocycles. The summed E-state index contributed by atoms with van der Waals surface area (Å²) < 4.78 is 15.9. The lowest BCUT2D eigenvalue weighted by Gasteiger charge is -2.16. The summed E-state index contributed by atoms with van der Waals surface area (Å²) in [5, 5.41) is 11.3. The normalized spacial score (nSPS) is 10.8. The van der Waals surface area contributed by atoms with E-state index in [2.05, 4.69) is 20.9 Å². The summed E-state index contributed by atoms with van der Waals surface area (Å²) in [6.45, 7) is 1.53. The molecule has 0 unspecified atom stereocenters. The van der Waals surface area contributed by atoms with E-state index in [1.54, 1.807) is 57.0 Å². The predicted octanol–water partition coefficient (Wildman–Crippen LogP) is 5.14. The number of methoxy groups -OCH3 is 3. The number of rotatable bonds is 12. The first kappa shape index (κ1) is 28.8. The van der Waals surface area contributed by atoms with Crippen LogP contribution < -0.4 is 16.0 Å². The van der Waals surface area contributed by atoms with Crippen LogP contribution in [0.1, 0.15) is 38.3 Å². The van der Waals surface area contributed by atoms with Gasteiger partial charge in [-0.1, -0.05) is 29.3 Å². The van der Waals surface area contributed by atoms with Crippen LogP contribution in [0.3, 0.4) is 0 Å². The summed E-state index contributed by atoms with van der Waals surface area (Å²) in [5.41, 5.74) is 4.56. The van der Waals surface area contributed by atoms with Crippen LogP contribution in [-0.2, 0) is 47.1 Å². The smallest absolute Gasteiger partial charge is 0.321 e. The summed E-state index contributed by atoms with van der Waals surface area (Å²) >= 11 is 13.2. The minimum absolute atomic E-state index is 0.195. The molecule has 1 heterocycles. The molecule has 37 heavy (non-hydrogen) atoms. The van der Waals surface area contributed by atoms with Gasteiger partial charge in [-0.05, 0) is 46.5 Å². The number of aromatic nitrogens is 1. The number of ether oxygens (including phenoxy) is 3. The largest absolute Gasteiger partial charge is 0.380 e. The molecule has 9 nitrogen and oxygen atoms in total. The fraction of sp³-hybridized carbons (Fsp3) is 0.320. The van der Waals surface area contributed by atoms with Crippen LogP contribution in [0, 0.1) is 0 Å². The number of hydrogen-bond donors (Lipinski definition) is 3. The summed E-state index contributed by atoms with van der Waals surface area (Å²) in [5.74, 6) is -0.263. The molecule has 3 amide bonds. The van der Waals surface area contributed by atoms with Gasteiger partial charge in [-0.25, -0.2) is 9.78 Å². The standard InChI is InChI=1S/C25H28Cl2N4O5S/c1-34-11-17-7-16(8-18(12-35-2)20(17)13-36-3)23(32)28-10-19-14-37-25(30-19)31-24(33)29-9-15-4-5-21(26)22(27)6-15/h4-8,14H,9-13H2,1-3H3,(H,28,32)(H2,29,30,31,33). The lowest BCUT2D eigenvalue weighted by Crippen LogP contribution is -2.28. The molecule has 0 saturated carbocycles. The minimum Gasteiger partial charge on any atom is -0.380 e. The Hall–Kier alpha value is -2.73. The molecule has 0 atom stereocenters. The van der Waals surface area contributed by atoms with E-state index in [1.165, 1.54) is 11.3 Å². The zero-order chi connectivity index (χ0) is 26.8. The van der Waals surface area contributed by atoms with Crippen molar-refractivity contribution in [3.8, 4) is 0 Å². The van der Waals surface area contributed by atoms with Gasteiger partial charge < -0.3 is 24.8 Å². The van der Waals surface area contributed by atoms with Gasteiger partial charge >= 0.3 is 6.03 Å². The Labute approximate surface area is 229 Å². The molecule has 12 heteroatoms. The number of halogens is 2. The maximum atomic E-state index is 12.9. The molecule has 3 rings (SSSR count). The van der Waals surface area contributed by atoms with E-state index in [4.69, 9.17) is 37.4 Å². The van der Waals surface area contributed by atoms with Gasteiger partial charge in [0.1, 0.15) is 0 Å². The number of carbonyl (C=O) groups excluding carboxylic acids is 2. The van der Waals surface area contributed by atoms with Gasteiger partial charge in [0.05, 0.1) is 42.1 Å². The molecular weight excluding hydrogens is 539 g/mol. The third-order valence-corrected chi connectivity index (χ3v) is 6.77. The van der Waals surface area contributed by atoms with E-state index in [0.29, 0.717) is 46.3 Å². The first-order valence-electron chi connectivity index (χ1n) is 11.2. The molecule has 0 aliphatic rings. The number of urea groups is 1. The van der Waals surface area contributed by atoms with Crippen LogP contribution >= 0.6 is 34.5 Å². The molecule has 3 N–H and O–H groups in total. The number of thiazole rings is 1. The molecule has 0 saturated heterocycles. The Kier molecular flexibility index (Phi) is 11.1. The molecule has 0 aliphatic heterocycles. The number of benzene rings is 2. The lowest BCUT2D eigenvalue weighted by atomic mass is 9.98. The summed E-state index contributed by atoms with van der Waals surface area (Å²) in [7, 11) is 4.81. The highest BCUT2D eigenvalue weighted by Gasteiger charge is 2.16. The highest BCUT2D eigenvalue weighted by Crippen LogP contribution is 2.23. The topological polar surface area (TPSA) is 111 Å². The molecule has 1 aromatic heterocycles. The summed E-state index contributed by atoms with van der Waals surface area (Å²) in [6.07, 6.45) is 0. The Morgan fingerprint density at radius 1 is 0.892 bits per heavy atom. The third kappa shape index (κ3) is 8.39. The predicted molar refractivity (Wildman–Crippen MR) is 144 cm³/mol. The van der Waals surface area contributed by atoms with Gasteiger partial charge in [-0.3, -0.25) is 10.1 Å². The van der Waals surface area contributed by atoms with E-state index in [-0.39, 0.29) is 19.0 Å². The zero-order valence-electron chi connectivity index (χ0n) is 20.7. The monoisotopic (exact) mass is 566 g/mol. The molecule has 198 valence electrons. The molecule has 0 bridgehead atoms. The molecule has 0 fully saturated rings. The number of amides is 3. The van der Waals surface area contributed by atoms with Crippen molar-refractivity contribution in [3.05, 3.63) is 79.3 Å². The highest BCUT2D eigenvalue weighted by atomic mass is 35.5. The number of nitrogens with one attached hydrogen (secondary N) is 3. The minimum atomic E-state index is -0.413. The van der Waals surface area contributed by atoms with Gasteiger partial charge in [0.2, 0.25) is 0 Å². The second-order valence-electron chi connectivity index (χ2n) is 7.95. The van der Waals surface area contributed by atoms with Gasteiger partial charge in [0.25, 0.3) is 5.91 Å². The van der Waals surface area contributed by atoms with Gasteiger partial charge in [-0.2, -0.15) is 0 Å². The van der Waals surface area contributed by atoms with Crippen molar-refractivity contribution >= 4 is 51.6 Å². The molecule has 3 aromatic rings. The molecule has 0 aliphatic carbocycles. The molecular formula is C25H28Cl2N4O5S. The number of anilines is 1. The van der Waals surface area contributed by atoms with Crippen molar-refractivity contribution in [2.24, 2.45) is 0 Å². The highest BCUT2D eigenvalue weighted by molar-refractivity contribution is 7.13. The zero-order valence-corrected chi connectivity index (χ0v) is 23.0. The molecule has 0 spiro atoms. The van der Waals surface area contributed by atoms with E-state index in [0.717, 1.165) is 22.3 Å². The summed E-state index contributed by atoms with van der Waals surface area (Å²) in [4.78, 5) is 29.5. The van der Waals surface area contributed by atoms with Crippen molar-refractivity contribution in [1.82, 2.24) is 15.6 Å². The second-order valence-corrected chi connectivity index (χ2v) is 9.63. The third-order valence-electron chi connectivity index (χ3n) is 5.22. The van der Waals surface area contributed by atoms with Gasteiger partial charge in [0.15, 0.2) is 5.13 Å². The average Bonchev–Trinajstić information content (AvgIpc) is 3.32. The van der Waals surface area contributed by atoms with Crippen molar-refractivity contribution in [3.63, 3.8) is 0 Å². The Morgan fingerprint density at radius 2 is 1.57 bits per heavy atom. The fourth-order valence-electron chi connectivity index (χ4n) is 3.52. The lowest BCUT2D eigenvalue weighted by molar-refractivity contribution is 0.0949. The molecule has 0 radical (unpaired) electrons. The Balaban J connectivity index is 1.58. The van der Waals surface area contributed by atoms with Crippen molar-refractivity contribution in [2.45, 2.75) is 32.9 Å². The van der Waals surface area contributed by atoms with E-state index in [9.17, 15) is 9.59 Å². The van der Waals surface area contributed by atoms with Crippen LogP contribution in [-0.4, -0.2) is 38.3 Å². The van der Waals surface area contributed by atoms with E-state index >= 15 is 0 Å². The van der Waals surface area contributed by atoms with Crippen LogP contribution in [0.15, 0.2) is 35.7 Å². The van der Waals surface area contributed by atoms with Crippen molar-refractivity contribution in [1.29, 1.82) is 0 Å². The Bertz CT molecular complexity index is 1210. The van der Waals surface area contributed by atoms with Gasteiger partial charge in [0, 0.05) is 38.8 Å². The number of hydrogen-bond acceptors (Lipinski definition) is 7. The maximum absolute atomic E-state index is 12.9. The van der Waals surface area contributed by atoms with Gasteiger partial charge in [-0.15, -0.1) is 11.3 Å². The van der Waals surface area contributed by atoms with Crippen LogP contribution in [0.4, 0.5) is 9.93 Å². The van der Waals surface area contributed by atoms with Crippen molar-refractivity contribution < 1.29 is 23.8 Å². The van der Waals surface area contributed by atoms with Crippen LogP contribution in [0.2, 0.25) is 10.0 Å². The maximum Gasteiger partial charge on any atom is 0.321 e. The summed E-state index contributed by atoms with van der Waals surface area (Å²) in [6, 6.07) is 8.31. The van der Waals surface area contributed by atoms with Crippen LogP contribution in [0.5, 0.6) is 0 Å². The first-order chi connectivity index (χ1) is 17.8. The van der Waals surface area contributed by atoms with Crippen LogP contribution in [0.25, 0.3) is 0 Å². The van der Waals surface area contributed by atoms with E-state index < -0.39 is 6.03 Å². The fourth-order valence-corrected chi connectivity index (χ4v) is 4.54. The average molecular weight is 567 g/mol. The van der Waals surface area contributed by atoms with E-state index in [1.807, 2.05) is 0 Å². The first-order valence-corrected chi connectivity index (χ1v) is 12.8. The van der Waals surface area contributed by atoms with Crippen molar-refractivity contribution in [2.75, 3.05) is 26.6 Å². The second kappa shape index (κ2) is 14.3. The number of carbonyl (C=O) groups is 2. The SMILES string of the molecule is COCc1cc(C(=O)NCc2csc(NC(=O)NCc3ccc(Cl)c(Cl)c3)n2)cc(COC)c1COC. The quantitative estimate of drug-likeness (QED) is 0.280.